The zero-order valence-corrected chi connectivity index (χ0v) is 18.2. The van der Waals surface area contributed by atoms with Crippen molar-refractivity contribution < 1.29 is 19.4 Å². The van der Waals surface area contributed by atoms with Crippen LogP contribution in [0.3, 0.4) is 0 Å². The minimum Gasteiger partial charge on any atom is -0.508 e. The molecule has 3 aromatic rings. The lowest BCUT2D eigenvalue weighted by Crippen LogP contribution is -2.13. The summed E-state index contributed by atoms with van der Waals surface area (Å²) in [5.41, 5.74) is 1.90. The Morgan fingerprint density at radius 3 is 2.48 bits per heavy atom. The predicted molar refractivity (Wildman–Crippen MR) is 122 cm³/mol. The second-order valence-electron chi connectivity index (χ2n) is 6.49. The number of anilines is 1. The van der Waals surface area contributed by atoms with E-state index in [4.69, 9.17) is 9.47 Å². The molecule has 0 spiro atoms. The van der Waals surface area contributed by atoms with Crippen molar-refractivity contribution in [2.75, 3.05) is 12.4 Å². The molecule has 156 valence electrons. The molecule has 0 saturated heterocycles. The zero-order valence-electron chi connectivity index (χ0n) is 16.6. The number of phenolic OH excluding ortho intramolecular Hbond substituents is 1. The molecule has 2 N–H and O–H groups in total. The molecule has 0 aliphatic rings. The Morgan fingerprint density at radius 2 is 1.84 bits per heavy atom. The number of methoxy groups -OCH3 is 1. The SMILES string of the molecule is COc1ccc(/C=C(\C#N)C(=O)Nc2ccc(O)cc2)c(OCc2ccc(Br)cc2)c1. The lowest BCUT2D eigenvalue weighted by atomic mass is 10.1. The Hall–Kier alpha value is -3.76. The van der Waals surface area contributed by atoms with Crippen LogP contribution in [0.2, 0.25) is 0 Å². The topological polar surface area (TPSA) is 91.6 Å². The molecule has 6 nitrogen and oxygen atoms in total. The number of nitrogens with zero attached hydrogens (tertiary/aromatic N) is 1. The van der Waals surface area contributed by atoms with Gasteiger partial charge in [-0.2, -0.15) is 5.26 Å². The maximum atomic E-state index is 12.5. The number of carbonyl (C=O) groups is 1. The van der Waals surface area contributed by atoms with Crippen LogP contribution in [0.5, 0.6) is 17.2 Å². The molecule has 0 heterocycles. The molecular formula is C24H19BrN2O4. The fourth-order valence-corrected chi connectivity index (χ4v) is 2.94. The molecule has 0 saturated carbocycles. The van der Waals surface area contributed by atoms with E-state index in [-0.39, 0.29) is 11.3 Å². The first kappa shape index (κ1) is 21.9. The summed E-state index contributed by atoms with van der Waals surface area (Å²) in [5, 5.41) is 21.5. The van der Waals surface area contributed by atoms with Crippen molar-refractivity contribution in [3.05, 3.63) is 87.9 Å². The molecule has 0 unspecified atom stereocenters. The Morgan fingerprint density at radius 1 is 1.13 bits per heavy atom. The molecule has 0 fully saturated rings. The summed E-state index contributed by atoms with van der Waals surface area (Å²) in [7, 11) is 1.55. The number of amides is 1. The normalized spacial score (nSPS) is 10.8. The summed E-state index contributed by atoms with van der Waals surface area (Å²) in [6.45, 7) is 0.308. The first-order chi connectivity index (χ1) is 15.0. The van der Waals surface area contributed by atoms with Gasteiger partial charge >= 0.3 is 0 Å². The number of benzene rings is 3. The van der Waals surface area contributed by atoms with Crippen molar-refractivity contribution >= 4 is 33.6 Å². The number of phenols is 1. The zero-order chi connectivity index (χ0) is 22.2. The van der Waals surface area contributed by atoms with Crippen LogP contribution in [0.15, 0.2) is 76.8 Å². The summed E-state index contributed by atoms with van der Waals surface area (Å²) in [4.78, 5) is 12.5. The number of nitrogens with one attached hydrogen (secondary N) is 1. The van der Waals surface area contributed by atoms with Crippen LogP contribution in [0.1, 0.15) is 11.1 Å². The van der Waals surface area contributed by atoms with Crippen LogP contribution < -0.4 is 14.8 Å². The van der Waals surface area contributed by atoms with E-state index >= 15 is 0 Å². The van der Waals surface area contributed by atoms with Crippen LogP contribution in [-0.2, 0) is 11.4 Å². The Balaban J connectivity index is 1.83. The van der Waals surface area contributed by atoms with Crippen LogP contribution in [0, 0.1) is 11.3 Å². The fourth-order valence-electron chi connectivity index (χ4n) is 2.67. The maximum Gasteiger partial charge on any atom is 0.266 e. The van der Waals surface area contributed by atoms with Gasteiger partial charge in [0.05, 0.1) is 7.11 Å². The lowest BCUT2D eigenvalue weighted by Gasteiger charge is -2.12. The minimum atomic E-state index is -0.567. The number of nitriles is 1. The maximum absolute atomic E-state index is 12.5. The highest BCUT2D eigenvalue weighted by atomic mass is 79.9. The molecule has 3 rings (SSSR count). The number of aromatic hydroxyl groups is 1. The van der Waals surface area contributed by atoms with Crippen molar-refractivity contribution in [2.45, 2.75) is 6.61 Å². The first-order valence-corrected chi connectivity index (χ1v) is 10.1. The van der Waals surface area contributed by atoms with E-state index in [1.165, 1.54) is 18.2 Å². The van der Waals surface area contributed by atoms with Gasteiger partial charge in [-0.1, -0.05) is 28.1 Å². The summed E-state index contributed by atoms with van der Waals surface area (Å²) in [6, 6.07) is 20.8. The fraction of sp³-hybridized carbons (Fsp3) is 0.0833. The van der Waals surface area contributed by atoms with Gasteiger partial charge in [0.1, 0.15) is 35.5 Å². The van der Waals surface area contributed by atoms with Gasteiger partial charge in [0.25, 0.3) is 5.91 Å². The van der Waals surface area contributed by atoms with Crippen LogP contribution in [0.25, 0.3) is 6.08 Å². The molecule has 0 aliphatic heterocycles. The van der Waals surface area contributed by atoms with Crippen LogP contribution in [-0.4, -0.2) is 18.1 Å². The molecule has 0 aromatic heterocycles. The number of ether oxygens (including phenoxy) is 2. The lowest BCUT2D eigenvalue weighted by molar-refractivity contribution is -0.112. The van der Waals surface area contributed by atoms with Gasteiger partial charge in [-0.15, -0.1) is 0 Å². The third-order valence-electron chi connectivity index (χ3n) is 4.32. The van der Waals surface area contributed by atoms with E-state index in [1.807, 2.05) is 30.3 Å². The van der Waals surface area contributed by atoms with Gasteiger partial charge in [0.15, 0.2) is 0 Å². The van der Waals surface area contributed by atoms with Crippen molar-refractivity contribution in [1.29, 1.82) is 5.26 Å². The first-order valence-electron chi connectivity index (χ1n) is 9.26. The van der Waals surface area contributed by atoms with Gasteiger partial charge in [0.2, 0.25) is 0 Å². The average Bonchev–Trinajstić information content (AvgIpc) is 2.79. The van der Waals surface area contributed by atoms with E-state index in [0.29, 0.717) is 29.4 Å². The number of carbonyl (C=O) groups excluding carboxylic acids is 1. The van der Waals surface area contributed by atoms with E-state index in [0.717, 1.165) is 10.0 Å². The van der Waals surface area contributed by atoms with Gasteiger partial charge < -0.3 is 19.9 Å². The molecule has 0 aliphatic carbocycles. The average molecular weight is 479 g/mol. The van der Waals surface area contributed by atoms with Gasteiger partial charge in [0, 0.05) is 21.8 Å². The van der Waals surface area contributed by atoms with Gasteiger partial charge in [-0.25, -0.2) is 0 Å². The minimum absolute atomic E-state index is 0.0832. The van der Waals surface area contributed by atoms with E-state index in [1.54, 1.807) is 37.4 Å². The van der Waals surface area contributed by atoms with Crippen LogP contribution >= 0.6 is 15.9 Å². The smallest absolute Gasteiger partial charge is 0.266 e. The van der Waals surface area contributed by atoms with Crippen molar-refractivity contribution in [3.63, 3.8) is 0 Å². The van der Waals surface area contributed by atoms with Crippen LogP contribution in [0.4, 0.5) is 5.69 Å². The summed E-state index contributed by atoms with van der Waals surface area (Å²) < 4.78 is 12.2. The summed E-state index contributed by atoms with van der Waals surface area (Å²) in [5.74, 6) is 0.588. The Kier molecular flexibility index (Phi) is 7.31. The summed E-state index contributed by atoms with van der Waals surface area (Å²) >= 11 is 3.40. The molecular weight excluding hydrogens is 460 g/mol. The van der Waals surface area contributed by atoms with Gasteiger partial charge in [-0.05, 0) is 60.2 Å². The van der Waals surface area contributed by atoms with Crippen molar-refractivity contribution in [2.24, 2.45) is 0 Å². The number of hydrogen-bond donors (Lipinski definition) is 2. The molecule has 0 atom stereocenters. The molecule has 0 radical (unpaired) electrons. The summed E-state index contributed by atoms with van der Waals surface area (Å²) in [6.07, 6.45) is 1.46. The molecule has 7 heteroatoms. The highest BCUT2D eigenvalue weighted by molar-refractivity contribution is 9.10. The standard InChI is InChI=1S/C24H19BrN2O4/c1-30-22-11-4-17(23(13-22)31-15-16-2-5-19(25)6-3-16)12-18(14-26)24(29)27-20-7-9-21(28)10-8-20/h2-13,28H,15H2,1H3,(H,27,29)/b18-12+. The second kappa shape index (κ2) is 10.3. The van der Waals surface area contributed by atoms with E-state index < -0.39 is 5.91 Å². The molecule has 3 aromatic carbocycles. The third kappa shape index (κ3) is 6.11. The number of halogens is 1. The second-order valence-corrected chi connectivity index (χ2v) is 7.41. The monoisotopic (exact) mass is 478 g/mol. The quantitative estimate of drug-likeness (QED) is 0.273. The highest BCUT2D eigenvalue weighted by Crippen LogP contribution is 2.28. The predicted octanol–water partition coefficient (Wildman–Crippen LogP) is 5.29. The molecule has 1 amide bonds. The molecule has 31 heavy (non-hydrogen) atoms. The highest BCUT2D eigenvalue weighted by Gasteiger charge is 2.12. The number of rotatable bonds is 7. The van der Waals surface area contributed by atoms with E-state index in [9.17, 15) is 15.2 Å². The molecule has 0 bridgehead atoms. The van der Waals surface area contributed by atoms with Crippen molar-refractivity contribution in [1.82, 2.24) is 0 Å². The van der Waals surface area contributed by atoms with Gasteiger partial charge in [-0.3, -0.25) is 4.79 Å². The largest absolute Gasteiger partial charge is 0.508 e. The number of hydrogen-bond acceptors (Lipinski definition) is 5. The Labute approximate surface area is 188 Å². The third-order valence-corrected chi connectivity index (χ3v) is 4.85. The Bertz CT molecular complexity index is 1130. The van der Waals surface area contributed by atoms with Crippen molar-refractivity contribution in [3.8, 4) is 23.3 Å². The van der Waals surface area contributed by atoms with E-state index in [2.05, 4.69) is 21.2 Å².